The fourth-order valence-electron chi connectivity index (χ4n) is 2.99. The van der Waals surface area contributed by atoms with Crippen LogP contribution < -0.4 is 19.9 Å². The largest absolute Gasteiger partial charge is 0.473 e. The minimum absolute atomic E-state index is 0.0974. The summed E-state index contributed by atoms with van der Waals surface area (Å²) in [5.41, 5.74) is -0.105. The Balaban J connectivity index is 1.99. The number of nitrogens with zero attached hydrogens (tertiary/aromatic N) is 5. The maximum absolute atomic E-state index is 11.8. The fraction of sp³-hybridized carbons (Fsp3) is 0.750. The molecule has 0 bridgehead atoms. The highest BCUT2D eigenvalue weighted by atomic mass is 32.2. The van der Waals surface area contributed by atoms with E-state index in [0.717, 1.165) is 63.6 Å². The molecule has 3 heterocycles. The van der Waals surface area contributed by atoms with Crippen LogP contribution >= 0.6 is 11.8 Å². The monoisotopic (exact) mass is 382 g/mol. The van der Waals surface area contributed by atoms with E-state index in [9.17, 15) is 10.1 Å². The molecule has 144 valence electrons. The Morgan fingerprint density at radius 1 is 1.19 bits per heavy atom. The lowest BCUT2D eigenvalue weighted by Crippen LogP contribution is -2.44. The summed E-state index contributed by atoms with van der Waals surface area (Å²) in [4.78, 5) is 24.5. The average molecular weight is 382 g/mol. The summed E-state index contributed by atoms with van der Waals surface area (Å²) in [6, 6.07) is 0. The molecular weight excluding hydrogens is 356 g/mol. The third-order valence-electron chi connectivity index (χ3n) is 4.45. The van der Waals surface area contributed by atoms with Crippen molar-refractivity contribution in [2.45, 2.75) is 19.8 Å². The van der Waals surface area contributed by atoms with E-state index in [1.165, 1.54) is 0 Å². The molecule has 0 aromatic carbocycles. The van der Waals surface area contributed by atoms with Gasteiger partial charge in [0.2, 0.25) is 11.8 Å². The number of thioether (sulfide) groups is 1. The van der Waals surface area contributed by atoms with E-state index >= 15 is 0 Å². The standard InChI is InChI=1S/C16H26N6O3S/c1-2-3-10-25-15-13(22(23)24)14(20-8-11-26-12-9-20)18-16(19-15)21-6-4-17-5-7-21/h17H,2-12H2,1H3. The maximum atomic E-state index is 11.8. The van der Waals surface area contributed by atoms with Gasteiger partial charge >= 0.3 is 11.6 Å². The van der Waals surface area contributed by atoms with Gasteiger partial charge in [-0.2, -0.15) is 21.7 Å². The fourth-order valence-corrected chi connectivity index (χ4v) is 3.89. The van der Waals surface area contributed by atoms with Crippen molar-refractivity contribution >= 4 is 29.2 Å². The number of hydrogen-bond acceptors (Lipinski definition) is 9. The van der Waals surface area contributed by atoms with Crippen LogP contribution in [0.2, 0.25) is 0 Å². The van der Waals surface area contributed by atoms with Crippen molar-refractivity contribution in [3.8, 4) is 5.88 Å². The van der Waals surface area contributed by atoms with Crippen LogP contribution in [-0.4, -0.2) is 72.3 Å². The van der Waals surface area contributed by atoms with Crippen molar-refractivity contribution in [2.75, 3.05) is 67.2 Å². The quantitative estimate of drug-likeness (QED) is 0.428. The summed E-state index contributed by atoms with van der Waals surface area (Å²) < 4.78 is 5.73. The Bertz CT molecular complexity index is 620. The molecule has 0 atom stereocenters. The third-order valence-corrected chi connectivity index (χ3v) is 5.39. The third kappa shape index (κ3) is 4.47. The van der Waals surface area contributed by atoms with E-state index < -0.39 is 4.92 Å². The second-order valence-electron chi connectivity index (χ2n) is 6.30. The van der Waals surface area contributed by atoms with Crippen LogP contribution in [-0.2, 0) is 0 Å². The lowest BCUT2D eigenvalue weighted by Gasteiger charge is -2.30. The van der Waals surface area contributed by atoms with Crippen molar-refractivity contribution in [1.82, 2.24) is 15.3 Å². The van der Waals surface area contributed by atoms with Gasteiger partial charge in [-0.25, -0.2) is 0 Å². The minimum atomic E-state index is -0.403. The van der Waals surface area contributed by atoms with Gasteiger partial charge in [0, 0.05) is 50.8 Å². The molecule has 26 heavy (non-hydrogen) atoms. The van der Waals surface area contributed by atoms with Gasteiger partial charge in [0.15, 0.2) is 0 Å². The average Bonchev–Trinajstić information content (AvgIpc) is 2.68. The number of piperazine rings is 1. The van der Waals surface area contributed by atoms with Crippen LogP contribution in [0.1, 0.15) is 19.8 Å². The van der Waals surface area contributed by atoms with Crippen molar-refractivity contribution in [3.05, 3.63) is 10.1 Å². The van der Waals surface area contributed by atoms with E-state index in [-0.39, 0.29) is 11.6 Å². The van der Waals surface area contributed by atoms with Gasteiger partial charge in [-0.1, -0.05) is 13.3 Å². The second-order valence-corrected chi connectivity index (χ2v) is 7.52. The summed E-state index contributed by atoms with van der Waals surface area (Å²) in [5.74, 6) is 2.90. The Labute approximate surface area is 157 Å². The molecule has 0 spiro atoms. The Morgan fingerprint density at radius 3 is 2.58 bits per heavy atom. The van der Waals surface area contributed by atoms with Gasteiger partial charge in [0.25, 0.3) is 0 Å². The van der Waals surface area contributed by atoms with Gasteiger partial charge in [0.05, 0.1) is 11.5 Å². The van der Waals surface area contributed by atoms with Crippen molar-refractivity contribution in [3.63, 3.8) is 0 Å². The molecule has 1 aromatic rings. The summed E-state index contributed by atoms with van der Waals surface area (Å²) in [6.07, 6.45) is 1.79. The lowest BCUT2D eigenvalue weighted by molar-refractivity contribution is -0.385. The van der Waals surface area contributed by atoms with Crippen LogP contribution in [0.3, 0.4) is 0 Å². The van der Waals surface area contributed by atoms with Crippen molar-refractivity contribution in [2.24, 2.45) is 0 Å². The Hall–Kier alpha value is -1.81. The van der Waals surface area contributed by atoms with E-state index in [1.54, 1.807) is 0 Å². The highest BCUT2D eigenvalue weighted by Gasteiger charge is 2.32. The molecule has 1 N–H and O–H groups in total. The predicted molar refractivity (Wildman–Crippen MR) is 104 cm³/mol. The lowest BCUT2D eigenvalue weighted by atomic mass is 10.3. The first-order chi connectivity index (χ1) is 12.7. The number of aromatic nitrogens is 2. The number of rotatable bonds is 7. The van der Waals surface area contributed by atoms with E-state index in [4.69, 9.17) is 4.74 Å². The van der Waals surface area contributed by atoms with Gasteiger partial charge in [-0.05, 0) is 6.42 Å². The molecule has 2 aliphatic heterocycles. The van der Waals surface area contributed by atoms with Gasteiger partial charge < -0.3 is 19.9 Å². The van der Waals surface area contributed by atoms with E-state index in [0.29, 0.717) is 18.4 Å². The maximum Gasteiger partial charge on any atom is 0.373 e. The SMILES string of the molecule is CCCCOc1nc(N2CCNCC2)nc(N2CCSCC2)c1[N+](=O)[O-]. The number of ether oxygens (including phenoxy) is 1. The van der Waals surface area contributed by atoms with Crippen molar-refractivity contribution in [1.29, 1.82) is 0 Å². The molecule has 0 radical (unpaired) electrons. The van der Waals surface area contributed by atoms with Crippen LogP contribution in [0.4, 0.5) is 17.5 Å². The van der Waals surface area contributed by atoms with E-state index in [2.05, 4.69) is 27.1 Å². The second kappa shape index (κ2) is 9.22. The Morgan fingerprint density at radius 2 is 1.92 bits per heavy atom. The highest BCUT2D eigenvalue weighted by Crippen LogP contribution is 2.37. The number of unbranched alkanes of at least 4 members (excludes halogenated alkanes) is 1. The summed E-state index contributed by atoms with van der Waals surface area (Å²) >= 11 is 1.86. The van der Waals surface area contributed by atoms with Crippen LogP contribution in [0.5, 0.6) is 5.88 Å². The molecule has 10 heteroatoms. The first kappa shape index (κ1) is 19.0. The normalized spacial score (nSPS) is 18.0. The summed E-state index contributed by atoms with van der Waals surface area (Å²) in [7, 11) is 0. The molecule has 9 nitrogen and oxygen atoms in total. The first-order valence-electron chi connectivity index (χ1n) is 9.18. The molecule has 3 rings (SSSR count). The molecular formula is C16H26N6O3S. The topological polar surface area (TPSA) is 96.7 Å². The predicted octanol–water partition coefficient (Wildman–Crippen LogP) is 1.53. The first-order valence-corrected chi connectivity index (χ1v) is 10.3. The number of hydrogen-bond donors (Lipinski definition) is 1. The minimum Gasteiger partial charge on any atom is -0.473 e. The van der Waals surface area contributed by atoms with Crippen LogP contribution in [0.25, 0.3) is 0 Å². The Kier molecular flexibility index (Phi) is 6.73. The molecule has 0 aliphatic carbocycles. The zero-order valence-corrected chi connectivity index (χ0v) is 16.0. The van der Waals surface area contributed by atoms with Gasteiger partial charge in [0.1, 0.15) is 0 Å². The number of nitro groups is 1. The van der Waals surface area contributed by atoms with Gasteiger partial charge in [-0.3, -0.25) is 10.1 Å². The smallest absolute Gasteiger partial charge is 0.373 e. The zero-order valence-electron chi connectivity index (χ0n) is 15.1. The number of nitrogens with one attached hydrogen (secondary N) is 1. The molecule has 1 aromatic heterocycles. The molecule has 2 saturated heterocycles. The summed E-state index contributed by atoms with van der Waals surface area (Å²) in [6.45, 7) is 7.23. The molecule has 2 aliphatic rings. The molecule has 2 fully saturated rings. The highest BCUT2D eigenvalue weighted by molar-refractivity contribution is 7.99. The van der Waals surface area contributed by atoms with Gasteiger partial charge in [-0.15, -0.1) is 0 Å². The molecule has 0 unspecified atom stereocenters. The zero-order chi connectivity index (χ0) is 18.4. The molecule has 0 amide bonds. The van der Waals surface area contributed by atoms with Crippen LogP contribution in [0, 0.1) is 10.1 Å². The summed E-state index contributed by atoms with van der Waals surface area (Å²) in [5, 5.41) is 15.1. The molecule has 0 saturated carbocycles. The van der Waals surface area contributed by atoms with Crippen molar-refractivity contribution < 1.29 is 9.66 Å². The van der Waals surface area contributed by atoms with Crippen LogP contribution in [0.15, 0.2) is 0 Å². The number of anilines is 2. The van der Waals surface area contributed by atoms with E-state index in [1.807, 2.05) is 16.7 Å².